The minimum absolute atomic E-state index is 0.641. The van der Waals surface area contributed by atoms with Crippen LogP contribution in [0.4, 0.5) is 0 Å². The summed E-state index contributed by atoms with van der Waals surface area (Å²) in [6, 6.07) is 12.7. The van der Waals surface area contributed by atoms with Crippen LogP contribution in [0.2, 0.25) is 0 Å². The minimum Gasteiger partial charge on any atom is -0.492 e. The van der Waals surface area contributed by atoms with E-state index in [4.69, 9.17) is 4.74 Å². The van der Waals surface area contributed by atoms with Crippen molar-refractivity contribution in [3.63, 3.8) is 0 Å². The van der Waals surface area contributed by atoms with Gasteiger partial charge in [-0.15, -0.1) is 0 Å². The smallest absolute Gasteiger partial charge is 0.119 e. The summed E-state index contributed by atoms with van der Waals surface area (Å²) < 4.78 is 7.70. The number of rotatable bonds is 7. The first-order valence-electron chi connectivity index (χ1n) is 6.84. The first kappa shape index (κ1) is 12.2. The van der Waals surface area contributed by atoms with Crippen molar-refractivity contribution in [3.05, 3.63) is 48.3 Å². The molecule has 0 saturated heterocycles. The lowest BCUT2D eigenvalue weighted by Gasteiger charge is -2.09. The summed E-state index contributed by atoms with van der Waals surface area (Å²) in [6.07, 6.45) is 4.48. The lowest BCUT2D eigenvalue weighted by atomic mass is 10.3. The highest BCUT2D eigenvalue weighted by atomic mass is 16.5. The van der Waals surface area contributed by atoms with E-state index in [-0.39, 0.29) is 0 Å². The van der Waals surface area contributed by atoms with Crippen molar-refractivity contribution in [3.8, 4) is 5.75 Å². The lowest BCUT2D eigenvalue weighted by molar-refractivity contribution is 0.288. The molecule has 4 heteroatoms. The summed E-state index contributed by atoms with van der Waals surface area (Å²) in [5, 5.41) is 7.85. The van der Waals surface area contributed by atoms with Crippen molar-refractivity contribution in [2.45, 2.75) is 32.0 Å². The second kappa shape index (κ2) is 5.89. The van der Waals surface area contributed by atoms with Crippen molar-refractivity contribution in [1.29, 1.82) is 0 Å². The molecule has 0 aliphatic heterocycles. The fraction of sp³-hybridized carbons (Fsp3) is 0.400. The molecule has 1 aromatic heterocycles. The molecule has 0 radical (unpaired) electrons. The SMILES string of the molecule is c1ccc(OCCn2nccc2CNC2CC2)cc1. The van der Waals surface area contributed by atoms with E-state index in [0.717, 1.165) is 24.9 Å². The topological polar surface area (TPSA) is 39.1 Å². The van der Waals surface area contributed by atoms with E-state index in [0.29, 0.717) is 6.61 Å². The molecule has 0 spiro atoms. The molecule has 1 N–H and O–H groups in total. The molecule has 2 aromatic rings. The first-order chi connectivity index (χ1) is 9.42. The monoisotopic (exact) mass is 257 g/mol. The molecule has 1 aliphatic rings. The number of nitrogens with one attached hydrogen (secondary N) is 1. The Kier molecular flexibility index (Phi) is 3.79. The Labute approximate surface area is 113 Å². The number of nitrogens with zero attached hydrogens (tertiary/aromatic N) is 2. The van der Waals surface area contributed by atoms with Gasteiger partial charge in [-0.1, -0.05) is 18.2 Å². The van der Waals surface area contributed by atoms with Gasteiger partial charge in [-0.2, -0.15) is 5.10 Å². The molecular weight excluding hydrogens is 238 g/mol. The molecule has 1 heterocycles. The van der Waals surface area contributed by atoms with Crippen LogP contribution in [0, 0.1) is 0 Å². The maximum absolute atomic E-state index is 5.69. The van der Waals surface area contributed by atoms with Gasteiger partial charge < -0.3 is 10.1 Å². The van der Waals surface area contributed by atoms with Gasteiger partial charge in [0, 0.05) is 18.8 Å². The Hall–Kier alpha value is -1.81. The standard InChI is InChI=1S/C15H19N3O/c1-2-4-15(5-3-1)19-11-10-18-14(8-9-17-18)12-16-13-6-7-13/h1-5,8-9,13,16H,6-7,10-12H2. The predicted octanol–water partition coefficient (Wildman–Crippen LogP) is 2.21. The van der Waals surface area contributed by atoms with Crippen LogP contribution in [0.3, 0.4) is 0 Å². The average Bonchev–Trinajstić information content (AvgIpc) is 3.17. The molecular formula is C15H19N3O. The molecule has 0 atom stereocenters. The van der Waals surface area contributed by atoms with E-state index in [9.17, 15) is 0 Å². The lowest BCUT2D eigenvalue weighted by Crippen LogP contribution is -2.20. The summed E-state index contributed by atoms with van der Waals surface area (Å²) in [5.74, 6) is 0.910. The van der Waals surface area contributed by atoms with Gasteiger partial charge in [0.05, 0.1) is 12.2 Å². The zero-order valence-corrected chi connectivity index (χ0v) is 11.0. The number of benzene rings is 1. The molecule has 1 saturated carbocycles. The van der Waals surface area contributed by atoms with E-state index in [1.165, 1.54) is 18.5 Å². The van der Waals surface area contributed by atoms with E-state index < -0.39 is 0 Å². The minimum atomic E-state index is 0.641. The number of ether oxygens (including phenoxy) is 1. The van der Waals surface area contributed by atoms with Crippen molar-refractivity contribution in [2.75, 3.05) is 6.61 Å². The molecule has 3 rings (SSSR count). The highest BCUT2D eigenvalue weighted by molar-refractivity contribution is 5.20. The first-order valence-corrected chi connectivity index (χ1v) is 6.84. The highest BCUT2D eigenvalue weighted by Gasteiger charge is 2.20. The summed E-state index contributed by atoms with van der Waals surface area (Å²) in [5.41, 5.74) is 1.23. The summed E-state index contributed by atoms with van der Waals surface area (Å²) in [7, 11) is 0. The fourth-order valence-electron chi connectivity index (χ4n) is 2.01. The normalized spacial score (nSPS) is 14.5. The molecule has 0 amide bonds. The van der Waals surface area contributed by atoms with Crippen LogP contribution < -0.4 is 10.1 Å². The van der Waals surface area contributed by atoms with Crippen LogP contribution in [0.25, 0.3) is 0 Å². The summed E-state index contributed by atoms with van der Waals surface area (Å²) >= 11 is 0. The van der Waals surface area contributed by atoms with E-state index >= 15 is 0 Å². The Morgan fingerprint density at radius 3 is 2.84 bits per heavy atom. The van der Waals surface area contributed by atoms with Gasteiger partial charge in [-0.25, -0.2) is 0 Å². The Morgan fingerprint density at radius 2 is 2.05 bits per heavy atom. The van der Waals surface area contributed by atoms with E-state index in [1.807, 2.05) is 41.2 Å². The highest BCUT2D eigenvalue weighted by Crippen LogP contribution is 2.19. The van der Waals surface area contributed by atoms with Gasteiger partial charge in [0.1, 0.15) is 12.4 Å². The molecule has 1 aromatic carbocycles. The van der Waals surface area contributed by atoms with Gasteiger partial charge in [0.15, 0.2) is 0 Å². The third-order valence-corrected chi connectivity index (χ3v) is 3.27. The second-order valence-electron chi connectivity index (χ2n) is 4.86. The van der Waals surface area contributed by atoms with Crippen LogP contribution in [-0.4, -0.2) is 22.4 Å². The third-order valence-electron chi connectivity index (χ3n) is 3.27. The molecule has 4 nitrogen and oxygen atoms in total. The Balaban J connectivity index is 1.47. The third kappa shape index (κ3) is 3.58. The van der Waals surface area contributed by atoms with Crippen molar-refractivity contribution >= 4 is 0 Å². The van der Waals surface area contributed by atoms with Crippen molar-refractivity contribution < 1.29 is 4.74 Å². The zero-order chi connectivity index (χ0) is 12.9. The Bertz CT molecular complexity index is 505. The molecule has 1 aliphatic carbocycles. The summed E-state index contributed by atoms with van der Waals surface area (Å²) in [4.78, 5) is 0. The van der Waals surface area contributed by atoms with Crippen molar-refractivity contribution in [2.24, 2.45) is 0 Å². The van der Waals surface area contributed by atoms with Crippen LogP contribution in [-0.2, 0) is 13.1 Å². The van der Waals surface area contributed by atoms with Crippen molar-refractivity contribution in [1.82, 2.24) is 15.1 Å². The predicted molar refractivity (Wildman–Crippen MR) is 74.0 cm³/mol. The zero-order valence-electron chi connectivity index (χ0n) is 11.0. The largest absolute Gasteiger partial charge is 0.492 e. The maximum atomic E-state index is 5.69. The number of hydrogen-bond acceptors (Lipinski definition) is 3. The van der Waals surface area contributed by atoms with Gasteiger partial charge in [-0.3, -0.25) is 4.68 Å². The second-order valence-corrected chi connectivity index (χ2v) is 4.86. The van der Waals surface area contributed by atoms with Crippen LogP contribution in [0.5, 0.6) is 5.75 Å². The van der Waals surface area contributed by atoms with Gasteiger partial charge in [0.25, 0.3) is 0 Å². The maximum Gasteiger partial charge on any atom is 0.119 e. The van der Waals surface area contributed by atoms with Crippen LogP contribution >= 0.6 is 0 Å². The number of aromatic nitrogens is 2. The Morgan fingerprint density at radius 1 is 1.21 bits per heavy atom. The fourth-order valence-corrected chi connectivity index (χ4v) is 2.01. The molecule has 19 heavy (non-hydrogen) atoms. The molecule has 0 unspecified atom stereocenters. The number of para-hydroxylation sites is 1. The molecule has 100 valence electrons. The quantitative estimate of drug-likeness (QED) is 0.826. The number of hydrogen-bond donors (Lipinski definition) is 1. The van der Waals surface area contributed by atoms with E-state index in [1.54, 1.807) is 0 Å². The van der Waals surface area contributed by atoms with Gasteiger partial charge >= 0.3 is 0 Å². The van der Waals surface area contributed by atoms with Gasteiger partial charge in [-0.05, 0) is 31.0 Å². The van der Waals surface area contributed by atoms with E-state index in [2.05, 4.69) is 16.5 Å². The summed E-state index contributed by atoms with van der Waals surface area (Å²) in [6.45, 7) is 2.32. The van der Waals surface area contributed by atoms with Crippen LogP contribution in [0.1, 0.15) is 18.5 Å². The molecule has 0 bridgehead atoms. The van der Waals surface area contributed by atoms with Crippen LogP contribution in [0.15, 0.2) is 42.6 Å². The average molecular weight is 257 g/mol. The van der Waals surface area contributed by atoms with Gasteiger partial charge in [0.2, 0.25) is 0 Å². The molecule has 1 fully saturated rings.